The molecule has 0 unspecified atom stereocenters. The molecule has 0 heterocycles. The van der Waals surface area contributed by atoms with Crippen molar-refractivity contribution in [1.82, 2.24) is 0 Å². The van der Waals surface area contributed by atoms with E-state index in [0.29, 0.717) is 4.75 Å². The van der Waals surface area contributed by atoms with E-state index in [4.69, 9.17) is 0 Å². The van der Waals surface area contributed by atoms with Gasteiger partial charge in [0.25, 0.3) is 0 Å². The molecule has 0 radical (unpaired) electrons. The highest BCUT2D eigenvalue weighted by molar-refractivity contribution is 9.09. The molecule has 0 aliphatic heterocycles. The fourth-order valence-electron chi connectivity index (χ4n) is 0.775. The second kappa shape index (κ2) is 3.29. The summed E-state index contributed by atoms with van der Waals surface area (Å²) in [5.74, 6) is 1.34. The number of thioether (sulfide) groups is 1. The van der Waals surface area contributed by atoms with E-state index < -0.39 is 0 Å². The van der Waals surface area contributed by atoms with Crippen LogP contribution in [0.25, 0.3) is 0 Å². The van der Waals surface area contributed by atoms with Gasteiger partial charge in [-0.05, 0) is 25.0 Å². The zero-order valence-electron chi connectivity index (χ0n) is 5.82. The second-order valence-electron chi connectivity index (χ2n) is 2.67. The molecule has 0 aromatic heterocycles. The van der Waals surface area contributed by atoms with Crippen molar-refractivity contribution in [3.63, 3.8) is 0 Å². The second-order valence-corrected chi connectivity index (χ2v) is 4.79. The molecule has 1 fully saturated rings. The van der Waals surface area contributed by atoms with Crippen molar-refractivity contribution in [2.45, 2.75) is 30.9 Å². The lowest BCUT2D eigenvalue weighted by atomic mass is 10.5. The molecule has 0 aromatic carbocycles. The maximum atomic E-state index is 3.54. The van der Waals surface area contributed by atoms with Gasteiger partial charge < -0.3 is 0 Å². The van der Waals surface area contributed by atoms with Crippen LogP contribution in [0.2, 0.25) is 0 Å². The molecular formula is C7H13BrS. The summed E-state index contributed by atoms with van der Waals surface area (Å²) in [6.45, 7) is 2.25. The average molecular weight is 209 g/mol. The Morgan fingerprint density at radius 2 is 2.22 bits per heavy atom. The van der Waals surface area contributed by atoms with Crippen LogP contribution in [0, 0.1) is 0 Å². The quantitative estimate of drug-likeness (QED) is 0.641. The van der Waals surface area contributed by atoms with E-state index in [1.807, 2.05) is 0 Å². The predicted molar refractivity (Wildman–Crippen MR) is 48.5 cm³/mol. The van der Waals surface area contributed by atoms with Gasteiger partial charge in [-0.3, -0.25) is 0 Å². The lowest BCUT2D eigenvalue weighted by Crippen LogP contribution is -2.04. The number of rotatable bonds is 4. The van der Waals surface area contributed by atoms with Crippen molar-refractivity contribution in [2.24, 2.45) is 0 Å². The van der Waals surface area contributed by atoms with E-state index in [1.165, 1.54) is 30.3 Å². The molecule has 0 saturated heterocycles. The topological polar surface area (TPSA) is 0 Å². The molecule has 1 rings (SSSR count). The minimum absolute atomic E-state index is 0.677. The molecular weight excluding hydrogens is 196 g/mol. The van der Waals surface area contributed by atoms with Gasteiger partial charge in [-0.1, -0.05) is 22.9 Å². The van der Waals surface area contributed by atoms with Crippen LogP contribution in [0.3, 0.4) is 0 Å². The average Bonchev–Trinajstić information content (AvgIpc) is 2.65. The van der Waals surface area contributed by atoms with E-state index in [1.54, 1.807) is 0 Å². The molecule has 0 nitrogen and oxygen atoms in total. The lowest BCUT2D eigenvalue weighted by molar-refractivity contribution is 1.04. The smallest absolute Gasteiger partial charge is 0.0257 e. The minimum atomic E-state index is 0.677. The molecule has 2 heteroatoms. The van der Waals surface area contributed by atoms with Crippen molar-refractivity contribution < 1.29 is 0 Å². The number of hydrogen-bond acceptors (Lipinski definition) is 1. The van der Waals surface area contributed by atoms with Gasteiger partial charge in [-0.25, -0.2) is 0 Å². The third-order valence-corrected chi connectivity index (χ3v) is 4.89. The zero-order valence-corrected chi connectivity index (χ0v) is 8.22. The zero-order chi connectivity index (χ0) is 6.74. The van der Waals surface area contributed by atoms with Crippen molar-refractivity contribution in [3.8, 4) is 0 Å². The maximum absolute atomic E-state index is 3.54. The highest BCUT2D eigenvalue weighted by Crippen LogP contribution is 2.49. The van der Waals surface area contributed by atoms with Gasteiger partial charge in [0, 0.05) is 10.1 Å². The Kier molecular flexibility index (Phi) is 2.90. The van der Waals surface area contributed by atoms with Crippen molar-refractivity contribution in [1.29, 1.82) is 0 Å². The molecule has 0 spiro atoms. The summed E-state index contributed by atoms with van der Waals surface area (Å²) in [5.41, 5.74) is 0. The molecule has 1 saturated carbocycles. The Morgan fingerprint density at radius 1 is 1.56 bits per heavy atom. The van der Waals surface area contributed by atoms with Crippen LogP contribution in [0.4, 0.5) is 0 Å². The van der Waals surface area contributed by atoms with Crippen LogP contribution in [-0.4, -0.2) is 15.8 Å². The van der Waals surface area contributed by atoms with Crippen LogP contribution in [0.15, 0.2) is 0 Å². The Balaban J connectivity index is 2.10. The van der Waals surface area contributed by atoms with Gasteiger partial charge in [0.2, 0.25) is 0 Å². The highest BCUT2D eigenvalue weighted by atomic mass is 79.9. The fraction of sp³-hybridized carbons (Fsp3) is 1.00. The fourth-order valence-corrected chi connectivity index (χ4v) is 2.93. The summed E-state index contributed by atoms with van der Waals surface area (Å²) < 4.78 is 0.677. The van der Waals surface area contributed by atoms with Crippen molar-refractivity contribution >= 4 is 27.7 Å². The van der Waals surface area contributed by atoms with Crippen LogP contribution in [-0.2, 0) is 0 Å². The summed E-state index contributed by atoms with van der Waals surface area (Å²) in [5, 5.41) is 1.20. The molecule has 1 aliphatic rings. The van der Waals surface area contributed by atoms with Crippen LogP contribution >= 0.6 is 27.7 Å². The lowest BCUT2D eigenvalue weighted by Gasteiger charge is -2.08. The van der Waals surface area contributed by atoms with Gasteiger partial charge in [0.05, 0.1) is 0 Å². The molecule has 0 aromatic rings. The first kappa shape index (κ1) is 7.93. The normalized spacial score (nSPS) is 22.0. The molecule has 0 N–H and O–H groups in total. The first-order chi connectivity index (χ1) is 4.33. The summed E-state index contributed by atoms with van der Waals surface area (Å²) in [6, 6.07) is 0. The number of halogens is 1. The van der Waals surface area contributed by atoms with Crippen molar-refractivity contribution in [2.75, 3.05) is 11.1 Å². The summed E-state index contributed by atoms with van der Waals surface area (Å²) in [4.78, 5) is 0. The van der Waals surface area contributed by atoms with Gasteiger partial charge in [0.15, 0.2) is 0 Å². The summed E-state index contributed by atoms with van der Waals surface area (Å²) >= 11 is 5.69. The predicted octanol–water partition coefficient (Wildman–Crippen LogP) is 3.06. The molecule has 0 bridgehead atoms. The SMILES string of the molecule is CCCSC1(CBr)CC1. The van der Waals surface area contributed by atoms with E-state index in [9.17, 15) is 0 Å². The van der Waals surface area contributed by atoms with E-state index in [-0.39, 0.29) is 0 Å². The van der Waals surface area contributed by atoms with Gasteiger partial charge in [-0.15, -0.1) is 0 Å². The van der Waals surface area contributed by atoms with E-state index in [2.05, 4.69) is 34.6 Å². The van der Waals surface area contributed by atoms with Crippen LogP contribution in [0.5, 0.6) is 0 Å². The summed E-state index contributed by atoms with van der Waals surface area (Å²) in [6.07, 6.45) is 4.19. The third-order valence-electron chi connectivity index (χ3n) is 1.66. The molecule has 0 amide bonds. The Hall–Kier alpha value is 0.830. The number of alkyl halides is 1. The Bertz CT molecular complexity index is 88.9. The maximum Gasteiger partial charge on any atom is 0.0257 e. The monoisotopic (exact) mass is 208 g/mol. The van der Waals surface area contributed by atoms with Crippen LogP contribution < -0.4 is 0 Å². The van der Waals surface area contributed by atoms with E-state index >= 15 is 0 Å². The standard InChI is InChI=1S/C7H13BrS/c1-2-5-9-7(6-8)3-4-7/h2-6H2,1H3. The first-order valence-corrected chi connectivity index (χ1v) is 5.63. The molecule has 9 heavy (non-hydrogen) atoms. The molecule has 1 aliphatic carbocycles. The van der Waals surface area contributed by atoms with Crippen molar-refractivity contribution in [3.05, 3.63) is 0 Å². The molecule has 54 valence electrons. The minimum Gasteiger partial charge on any atom is -0.154 e. The van der Waals surface area contributed by atoms with Gasteiger partial charge in [0.1, 0.15) is 0 Å². The highest BCUT2D eigenvalue weighted by Gasteiger charge is 2.41. The van der Waals surface area contributed by atoms with E-state index in [0.717, 1.165) is 0 Å². The van der Waals surface area contributed by atoms with Gasteiger partial charge in [-0.2, -0.15) is 11.8 Å². The Morgan fingerprint density at radius 3 is 2.56 bits per heavy atom. The Labute approximate surface area is 69.9 Å². The van der Waals surface area contributed by atoms with Crippen LogP contribution in [0.1, 0.15) is 26.2 Å². The summed E-state index contributed by atoms with van der Waals surface area (Å²) in [7, 11) is 0. The first-order valence-electron chi connectivity index (χ1n) is 3.53. The largest absolute Gasteiger partial charge is 0.154 e. The number of hydrogen-bond donors (Lipinski definition) is 0. The van der Waals surface area contributed by atoms with Gasteiger partial charge >= 0.3 is 0 Å². The third kappa shape index (κ3) is 2.15. The molecule has 0 atom stereocenters.